The van der Waals surface area contributed by atoms with Crippen molar-refractivity contribution in [2.24, 2.45) is 4.99 Å². The molecular weight excluding hydrogens is 142 g/mol. The van der Waals surface area contributed by atoms with Crippen LogP contribution in [0.15, 0.2) is 4.99 Å². The summed E-state index contributed by atoms with van der Waals surface area (Å²) in [5.41, 5.74) is 0. The first kappa shape index (κ1) is 16.6. The number of carboxylic acid groups (broad SMARTS) is 1. The highest BCUT2D eigenvalue weighted by Crippen LogP contribution is 1.60. The van der Waals surface area contributed by atoms with Crippen molar-refractivity contribution in [3.05, 3.63) is 0 Å². The molecule has 3 nitrogen and oxygen atoms in total. The number of aliphatic carboxylic acids is 1. The van der Waals surface area contributed by atoms with Crippen molar-refractivity contribution >= 4 is 12.2 Å². The Labute approximate surface area is 69.2 Å². The summed E-state index contributed by atoms with van der Waals surface area (Å²) in [6.07, 6.45) is 2.93. The number of aliphatic imine (C=N–C) groups is 1. The summed E-state index contributed by atoms with van der Waals surface area (Å²) in [5, 5.41) is 7.42. The van der Waals surface area contributed by atoms with Gasteiger partial charge in [0, 0.05) is 14.0 Å². The first-order chi connectivity index (χ1) is 5.15. The Morgan fingerprint density at radius 1 is 1.55 bits per heavy atom. The van der Waals surface area contributed by atoms with Crippen molar-refractivity contribution < 1.29 is 9.90 Å². The molecule has 0 bridgehead atoms. The van der Waals surface area contributed by atoms with Gasteiger partial charge in [-0.05, 0) is 12.6 Å². The molecule has 0 aliphatic heterocycles. The predicted octanol–water partition coefficient (Wildman–Crippen LogP) is 2.21. The molecule has 0 saturated carbocycles. The van der Waals surface area contributed by atoms with Crippen molar-refractivity contribution in [1.82, 2.24) is 0 Å². The molecule has 1 N–H and O–H groups in total. The lowest BCUT2D eigenvalue weighted by molar-refractivity contribution is -0.134. The van der Waals surface area contributed by atoms with Crippen LogP contribution in [0.5, 0.6) is 0 Å². The van der Waals surface area contributed by atoms with Gasteiger partial charge >= 0.3 is 0 Å². The van der Waals surface area contributed by atoms with Crippen molar-refractivity contribution in [2.45, 2.75) is 34.1 Å². The molecule has 0 rings (SSSR count). The second-order valence-corrected chi connectivity index (χ2v) is 1.37. The summed E-state index contributed by atoms with van der Waals surface area (Å²) < 4.78 is 0. The molecule has 11 heavy (non-hydrogen) atoms. The van der Waals surface area contributed by atoms with Crippen LogP contribution in [0.25, 0.3) is 0 Å². The largest absolute Gasteiger partial charge is 0.481 e. The van der Waals surface area contributed by atoms with Crippen LogP contribution in [0.3, 0.4) is 0 Å². The van der Waals surface area contributed by atoms with Crippen molar-refractivity contribution in [3.63, 3.8) is 0 Å². The van der Waals surface area contributed by atoms with Gasteiger partial charge in [-0.25, -0.2) is 0 Å². The van der Waals surface area contributed by atoms with E-state index in [2.05, 4.69) is 11.9 Å². The maximum Gasteiger partial charge on any atom is 0.300 e. The molecule has 0 aromatic carbocycles. The third kappa shape index (κ3) is 359. The highest BCUT2D eigenvalue weighted by atomic mass is 16.4. The minimum atomic E-state index is -0.833. The van der Waals surface area contributed by atoms with Crippen LogP contribution in [0, 0.1) is 0 Å². The molecular formula is C8H19NO2. The van der Waals surface area contributed by atoms with Gasteiger partial charge < -0.3 is 10.1 Å². The molecule has 0 radical (unpaired) electrons. The van der Waals surface area contributed by atoms with E-state index in [1.54, 1.807) is 7.05 Å². The Kier molecular flexibility index (Phi) is 34.6. The second-order valence-electron chi connectivity index (χ2n) is 1.37. The summed E-state index contributed by atoms with van der Waals surface area (Å²) in [6.45, 7) is 7.15. The molecule has 0 unspecified atom stereocenters. The summed E-state index contributed by atoms with van der Waals surface area (Å²) in [5.74, 6) is -0.833. The van der Waals surface area contributed by atoms with Gasteiger partial charge in [0.15, 0.2) is 0 Å². The van der Waals surface area contributed by atoms with Gasteiger partial charge in [0.1, 0.15) is 0 Å². The van der Waals surface area contributed by atoms with Crippen LogP contribution >= 0.6 is 0 Å². The summed E-state index contributed by atoms with van der Waals surface area (Å²) >= 11 is 0. The standard InChI is InChI=1S/C4H9N.C2H4O2.C2H6/c1-3-4-5-2;1-2(3)4;1-2/h4H,3H2,1-2H3;1H3,(H,3,4);1-2H3. The lowest BCUT2D eigenvalue weighted by Crippen LogP contribution is -1.78. The third-order valence-electron chi connectivity index (χ3n) is 0.365. The van der Waals surface area contributed by atoms with E-state index in [0.717, 1.165) is 13.3 Å². The Balaban J connectivity index is -0.0000000965. The SMILES string of the molecule is CC.CC(=O)O.CCC=NC. The molecule has 68 valence electrons. The molecule has 0 heterocycles. The fraction of sp³-hybridized carbons (Fsp3) is 0.750. The smallest absolute Gasteiger partial charge is 0.300 e. The van der Waals surface area contributed by atoms with Crippen LogP contribution in [0.1, 0.15) is 34.1 Å². The lowest BCUT2D eigenvalue weighted by Gasteiger charge is -1.65. The summed E-state index contributed by atoms with van der Waals surface area (Å²) in [7, 11) is 1.78. The Morgan fingerprint density at radius 3 is 1.82 bits per heavy atom. The zero-order valence-electron chi connectivity index (χ0n) is 8.09. The molecule has 0 aromatic heterocycles. The van der Waals surface area contributed by atoms with Gasteiger partial charge in [0.05, 0.1) is 0 Å². The lowest BCUT2D eigenvalue weighted by atomic mass is 10.5. The van der Waals surface area contributed by atoms with Gasteiger partial charge in [-0.2, -0.15) is 0 Å². The molecule has 3 heteroatoms. The third-order valence-corrected chi connectivity index (χ3v) is 0.365. The van der Waals surface area contributed by atoms with Crippen LogP contribution in [-0.2, 0) is 4.79 Å². The number of carboxylic acids is 1. The minimum Gasteiger partial charge on any atom is -0.481 e. The first-order valence-electron chi connectivity index (χ1n) is 3.75. The van der Waals surface area contributed by atoms with Crippen molar-refractivity contribution in [1.29, 1.82) is 0 Å². The molecule has 0 aliphatic rings. The maximum absolute atomic E-state index is 9.00. The molecule has 0 fully saturated rings. The highest BCUT2D eigenvalue weighted by Gasteiger charge is 1.65. The molecule has 0 spiro atoms. The van der Waals surface area contributed by atoms with Crippen LogP contribution in [0.2, 0.25) is 0 Å². The highest BCUT2D eigenvalue weighted by molar-refractivity contribution is 5.62. The van der Waals surface area contributed by atoms with Crippen molar-refractivity contribution in [2.75, 3.05) is 7.05 Å². The number of carbonyl (C=O) groups is 1. The molecule has 0 aromatic rings. The van der Waals surface area contributed by atoms with Gasteiger partial charge in [-0.1, -0.05) is 20.8 Å². The Morgan fingerprint density at radius 2 is 1.82 bits per heavy atom. The Bertz CT molecular complexity index is 86.1. The topological polar surface area (TPSA) is 49.7 Å². The second kappa shape index (κ2) is 22.9. The van der Waals surface area contributed by atoms with E-state index >= 15 is 0 Å². The molecule has 0 saturated heterocycles. The van der Waals surface area contributed by atoms with E-state index in [4.69, 9.17) is 9.90 Å². The monoisotopic (exact) mass is 161 g/mol. The summed E-state index contributed by atoms with van der Waals surface area (Å²) in [4.78, 5) is 12.7. The zero-order valence-corrected chi connectivity index (χ0v) is 8.09. The van der Waals surface area contributed by atoms with E-state index in [9.17, 15) is 0 Å². The van der Waals surface area contributed by atoms with Gasteiger partial charge in [-0.3, -0.25) is 4.79 Å². The van der Waals surface area contributed by atoms with E-state index in [1.165, 1.54) is 0 Å². The maximum atomic E-state index is 9.00. The summed E-state index contributed by atoms with van der Waals surface area (Å²) in [6, 6.07) is 0. The van der Waals surface area contributed by atoms with E-state index in [1.807, 2.05) is 20.1 Å². The molecule has 0 atom stereocenters. The van der Waals surface area contributed by atoms with Crippen LogP contribution < -0.4 is 0 Å². The average molecular weight is 161 g/mol. The van der Waals surface area contributed by atoms with Gasteiger partial charge in [-0.15, -0.1) is 0 Å². The van der Waals surface area contributed by atoms with Crippen LogP contribution in [0.4, 0.5) is 0 Å². The average Bonchev–Trinajstić information content (AvgIpc) is 1.93. The molecule has 0 amide bonds. The van der Waals surface area contributed by atoms with E-state index in [-0.39, 0.29) is 0 Å². The normalized spacial score (nSPS) is 7.36. The zero-order chi connectivity index (χ0) is 9.70. The predicted molar refractivity (Wildman–Crippen MR) is 49.4 cm³/mol. The Hall–Kier alpha value is -0.860. The van der Waals surface area contributed by atoms with Crippen LogP contribution in [-0.4, -0.2) is 24.3 Å². The fourth-order valence-electron chi connectivity index (χ4n) is 0.183. The first-order valence-corrected chi connectivity index (χ1v) is 3.75. The van der Waals surface area contributed by atoms with E-state index in [0.29, 0.717) is 0 Å². The number of nitrogens with zero attached hydrogens (tertiary/aromatic N) is 1. The molecule has 0 aliphatic carbocycles. The van der Waals surface area contributed by atoms with E-state index < -0.39 is 5.97 Å². The number of rotatable bonds is 1. The quantitative estimate of drug-likeness (QED) is 0.599. The number of hydrogen-bond acceptors (Lipinski definition) is 2. The van der Waals surface area contributed by atoms with Gasteiger partial charge in [0.2, 0.25) is 0 Å². The fourth-order valence-corrected chi connectivity index (χ4v) is 0.183. The van der Waals surface area contributed by atoms with Crippen molar-refractivity contribution in [3.8, 4) is 0 Å². The van der Waals surface area contributed by atoms with Gasteiger partial charge in [0.25, 0.3) is 5.97 Å². The number of hydrogen-bond donors (Lipinski definition) is 1. The minimum absolute atomic E-state index is 0.833.